The van der Waals surface area contributed by atoms with Gasteiger partial charge in [0.05, 0.1) is 22.1 Å². The Kier molecular flexibility index (Phi) is 4.12. The number of rotatable bonds is 6. The number of nitrogens with one attached hydrogen (secondary N) is 1. The summed E-state index contributed by atoms with van der Waals surface area (Å²) in [5.41, 5.74) is 1.24. The Morgan fingerprint density at radius 3 is 2.59 bits per heavy atom. The van der Waals surface area contributed by atoms with E-state index in [0.717, 1.165) is 10.7 Å². The van der Waals surface area contributed by atoms with E-state index in [0.29, 0.717) is 11.5 Å². The molecule has 116 valence electrons. The van der Waals surface area contributed by atoms with Gasteiger partial charge in [-0.1, -0.05) is 12.1 Å². The number of hydrogen-bond donors (Lipinski definition) is 1. The molecule has 1 heterocycles. The number of aromatic nitrogens is 1. The number of Topliss-reactive ketones (excluding diaryl/α,β-unsaturated/α-hetero) is 1. The van der Waals surface area contributed by atoms with E-state index in [1.807, 2.05) is 5.38 Å². The lowest BCUT2D eigenvalue weighted by atomic mass is 10.2. The van der Waals surface area contributed by atoms with Crippen LogP contribution in [0.1, 0.15) is 46.7 Å². The summed E-state index contributed by atoms with van der Waals surface area (Å²) in [6, 6.07) is 5.92. The monoisotopic (exact) mass is 336 g/mol. The van der Waals surface area contributed by atoms with Crippen molar-refractivity contribution in [2.75, 3.05) is 0 Å². The predicted molar refractivity (Wildman–Crippen MR) is 84.6 cm³/mol. The normalized spacial score (nSPS) is 15.0. The van der Waals surface area contributed by atoms with Crippen LogP contribution in [-0.2, 0) is 16.6 Å². The molecule has 2 aromatic rings. The topological polar surface area (TPSA) is 76.1 Å². The third-order valence-corrected chi connectivity index (χ3v) is 5.98. The van der Waals surface area contributed by atoms with Crippen molar-refractivity contribution in [1.82, 2.24) is 9.71 Å². The van der Waals surface area contributed by atoms with Crippen molar-refractivity contribution in [2.45, 2.75) is 37.1 Å². The van der Waals surface area contributed by atoms with Gasteiger partial charge >= 0.3 is 0 Å². The van der Waals surface area contributed by atoms with Crippen molar-refractivity contribution in [2.24, 2.45) is 0 Å². The first-order chi connectivity index (χ1) is 10.5. The van der Waals surface area contributed by atoms with Crippen molar-refractivity contribution in [3.8, 4) is 0 Å². The van der Waals surface area contributed by atoms with Crippen LogP contribution in [0.4, 0.5) is 0 Å². The lowest BCUT2D eigenvalue weighted by Crippen LogP contribution is -2.23. The molecule has 1 aromatic heterocycles. The molecule has 0 saturated heterocycles. The second-order valence-corrected chi connectivity index (χ2v) is 8.01. The molecule has 1 aliphatic carbocycles. The molecule has 0 atom stereocenters. The van der Waals surface area contributed by atoms with E-state index >= 15 is 0 Å². The maximum absolute atomic E-state index is 12.2. The molecule has 7 heteroatoms. The van der Waals surface area contributed by atoms with Crippen LogP contribution < -0.4 is 4.72 Å². The number of carbonyl (C=O) groups is 1. The summed E-state index contributed by atoms with van der Waals surface area (Å²) in [5, 5.41) is 3.00. The minimum Gasteiger partial charge on any atom is -0.295 e. The average molecular weight is 336 g/mol. The summed E-state index contributed by atoms with van der Waals surface area (Å²) in [7, 11) is -3.59. The third-order valence-electron chi connectivity index (χ3n) is 3.51. The number of sulfonamides is 1. The molecule has 1 N–H and O–H groups in total. The van der Waals surface area contributed by atoms with Gasteiger partial charge in [-0.2, -0.15) is 0 Å². The highest BCUT2D eigenvalue weighted by Gasteiger charge is 2.26. The van der Waals surface area contributed by atoms with Crippen LogP contribution in [0.25, 0.3) is 0 Å². The van der Waals surface area contributed by atoms with E-state index in [1.54, 1.807) is 11.3 Å². The van der Waals surface area contributed by atoms with Crippen molar-refractivity contribution >= 4 is 27.1 Å². The summed E-state index contributed by atoms with van der Waals surface area (Å²) in [5.74, 6) is 0.487. The van der Waals surface area contributed by atoms with E-state index in [-0.39, 0.29) is 17.2 Å². The Balaban J connectivity index is 1.68. The first-order valence-electron chi connectivity index (χ1n) is 7.01. The molecule has 1 aromatic carbocycles. The fourth-order valence-electron chi connectivity index (χ4n) is 2.04. The van der Waals surface area contributed by atoms with Crippen LogP contribution in [0.2, 0.25) is 0 Å². The number of nitrogens with zero attached hydrogens (tertiary/aromatic N) is 1. The summed E-state index contributed by atoms with van der Waals surface area (Å²) in [6.07, 6.45) is 2.36. The van der Waals surface area contributed by atoms with Crippen LogP contribution in [0.15, 0.2) is 34.5 Å². The predicted octanol–water partition coefficient (Wildman–Crippen LogP) is 2.70. The van der Waals surface area contributed by atoms with Gasteiger partial charge in [0.25, 0.3) is 0 Å². The van der Waals surface area contributed by atoms with Gasteiger partial charge in [0.1, 0.15) is 0 Å². The molecule has 0 amide bonds. The highest BCUT2D eigenvalue weighted by atomic mass is 32.2. The highest BCUT2D eigenvalue weighted by Crippen LogP contribution is 2.41. The molecule has 1 saturated carbocycles. The van der Waals surface area contributed by atoms with Crippen LogP contribution in [0.5, 0.6) is 0 Å². The van der Waals surface area contributed by atoms with Crippen LogP contribution in [-0.4, -0.2) is 19.2 Å². The second kappa shape index (κ2) is 5.91. The number of benzene rings is 1. The van der Waals surface area contributed by atoms with Gasteiger partial charge in [-0.3, -0.25) is 4.79 Å². The third kappa shape index (κ3) is 3.43. The molecule has 0 spiro atoms. The summed E-state index contributed by atoms with van der Waals surface area (Å²) >= 11 is 1.59. The molecular formula is C15H16N2O3S2. The lowest BCUT2D eigenvalue weighted by Gasteiger charge is -2.06. The van der Waals surface area contributed by atoms with Crippen molar-refractivity contribution < 1.29 is 13.2 Å². The molecule has 22 heavy (non-hydrogen) atoms. The van der Waals surface area contributed by atoms with Crippen LogP contribution in [0, 0.1) is 0 Å². The van der Waals surface area contributed by atoms with Gasteiger partial charge < -0.3 is 0 Å². The second-order valence-electron chi connectivity index (χ2n) is 5.36. The summed E-state index contributed by atoms with van der Waals surface area (Å²) in [6.45, 7) is 1.63. The Hall–Kier alpha value is -1.57. The largest absolute Gasteiger partial charge is 0.295 e. The average Bonchev–Trinajstić information content (AvgIpc) is 3.24. The van der Waals surface area contributed by atoms with Gasteiger partial charge in [-0.05, 0) is 31.9 Å². The zero-order valence-corrected chi connectivity index (χ0v) is 13.7. The highest BCUT2D eigenvalue weighted by molar-refractivity contribution is 7.89. The van der Waals surface area contributed by atoms with Gasteiger partial charge in [0.2, 0.25) is 10.0 Å². The smallest absolute Gasteiger partial charge is 0.240 e. The Morgan fingerprint density at radius 1 is 1.32 bits per heavy atom. The molecule has 1 aliphatic rings. The van der Waals surface area contributed by atoms with Gasteiger partial charge in [0, 0.05) is 16.9 Å². The van der Waals surface area contributed by atoms with Crippen molar-refractivity contribution in [3.63, 3.8) is 0 Å². The fourth-order valence-corrected chi connectivity index (χ4v) is 4.03. The van der Waals surface area contributed by atoms with Crippen molar-refractivity contribution in [3.05, 3.63) is 45.9 Å². The van der Waals surface area contributed by atoms with E-state index in [9.17, 15) is 13.2 Å². The minimum atomic E-state index is -3.59. The number of ketones is 1. The quantitative estimate of drug-likeness (QED) is 0.823. The van der Waals surface area contributed by atoms with Crippen LogP contribution >= 0.6 is 11.3 Å². The standard InChI is InChI=1S/C15H16N2O3S2/c1-10(18)11-4-6-14(7-5-11)22(19,20)16-8-13-9-21-15(17-13)12-2-3-12/h4-7,9,12,16H,2-3,8H2,1H3. The SMILES string of the molecule is CC(=O)c1ccc(S(=O)(=O)NCc2csc(C3CC3)n2)cc1. The zero-order chi connectivity index (χ0) is 15.7. The van der Waals surface area contributed by atoms with Crippen molar-refractivity contribution in [1.29, 1.82) is 0 Å². The van der Waals surface area contributed by atoms with Crippen LogP contribution in [0.3, 0.4) is 0 Å². The minimum absolute atomic E-state index is 0.0908. The molecule has 3 rings (SSSR count). The van der Waals surface area contributed by atoms with Gasteiger partial charge in [-0.25, -0.2) is 18.1 Å². The molecular weight excluding hydrogens is 320 g/mol. The number of carbonyl (C=O) groups excluding carboxylic acids is 1. The molecule has 0 radical (unpaired) electrons. The summed E-state index contributed by atoms with van der Waals surface area (Å²) < 4.78 is 27.0. The molecule has 0 unspecified atom stereocenters. The molecule has 1 fully saturated rings. The number of thiazole rings is 1. The van der Waals surface area contributed by atoms with E-state index in [2.05, 4.69) is 9.71 Å². The Bertz CT molecular complexity index is 790. The molecule has 0 bridgehead atoms. The Labute approximate surface area is 133 Å². The Morgan fingerprint density at radius 2 is 2.00 bits per heavy atom. The van der Waals surface area contributed by atoms with Gasteiger partial charge in [-0.15, -0.1) is 11.3 Å². The molecule has 0 aliphatic heterocycles. The lowest BCUT2D eigenvalue weighted by molar-refractivity contribution is 0.101. The fraction of sp³-hybridized carbons (Fsp3) is 0.333. The van der Waals surface area contributed by atoms with E-state index < -0.39 is 10.0 Å². The first-order valence-corrected chi connectivity index (χ1v) is 9.37. The maximum atomic E-state index is 12.2. The summed E-state index contributed by atoms with van der Waals surface area (Å²) in [4.78, 5) is 15.8. The number of hydrogen-bond acceptors (Lipinski definition) is 5. The maximum Gasteiger partial charge on any atom is 0.240 e. The van der Waals surface area contributed by atoms with Gasteiger partial charge in [0.15, 0.2) is 5.78 Å². The zero-order valence-electron chi connectivity index (χ0n) is 12.1. The van der Waals surface area contributed by atoms with E-state index in [4.69, 9.17) is 0 Å². The van der Waals surface area contributed by atoms with E-state index in [1.165, 1.54) is 44.0 Å². The molecule has 5 nitrogen and oxygen atoms in total. The first kappa shape index (κ1) is 15.3.